The van der Waals surface area contributed by atoms with Crippen molar-refractivity contribution in [2.75, 3.05) is 5.32 Å². The highest BCUT2D eigenvalue weighted by Crippen LogP contribution is 2.31. The lowest BCUT2D eigenvalue weighted by atomic mass is 9.91. The molecule has 5 nitrogen and oxygen atoms in total. The van der Waals surface area contributed by atoms with Gasteiger partial charge < -0.3 is 10.4 Å². The van der Waals surface area contributed by atoms with Crippen LogP contribution in [0.4, 0.5) is 5.69 Å². The zero-order valence-electron chi connectivity index (χ0n) is 9.12. The van der Waals surface area contributed by atoms with Gasteiger partial charge in [-0.15, -0.1) is 0 Å². The molecule has 0 spiro atoms. The second kappa shape index (κ2) is 4.00. The fraction of sp³-hybridized carbons (Fsp3) is 0.455. The number of carbonyl (C=O) groups excluding carboxylic acids is 1. The largest absolute Gasteiger partial charge is 0.494 e. The lowest BCUT2D eigenvalue weighted by Crippen LogP contribution is -2.25. The van der Waals surface area contributed by atoms with Crippen molar-refractivity contribution in [1.82, 2.24) is 4.57 Å². The number of hydrogen-bond donors (Lipinski definition) is 2. The zero-order chi connectivity index (χ0) is 11.7. The van der Waals surface area contributed by atoms with Crippen molar-refractivity contribution < 1.29 is 9.90 Å². The number of aromatic nitrogens is 1. The van der Waals surface area contributed by atoms with Gasteiger partial charge in [0, 0.05) is 12.6 Å². The average molecular weight is 222 g/mol. The summed E-state index contributed by atoms with van der Waals surface area (Å²) in [7, 11) is 1.50. The van der Waals surface area contributed by atoms with Crippen LogP contribution in [0.2, 0.25) is 0 Å². The van der Waals surface area contributed by atoms with Crippen LogP contribution in [0, 0.1) is 0 Å². The van der Waals surface area contributed by atoms with Crippen molar-refractivity contribution in [3.8, 4) is 5.88 Å². The Morgan fingerprint density at radius 1 is 1.31 bits per heavy atom. The molecule has 1 aliphatic rings. The molecule has 0 bridgehead atoms. The van der Waals surface area contributed by atoms with Gasteiger partial charge in [-0.2, -0.15) is 0 Å². The molecule has 1 aromatic rings. The third kappa shape index (κ3) is 1.48. The Bertz CT molecular complexity index is 491. The number of hydrogen-bond acceptors (Lipinski definition) is 3. The average Bonchev–Trinajstić information content (AvgIpc) is 2.32. The molecule has 0 radical (unpaired) electrons. The minimum atomic E-state index is -0.356. The first kappa shape index (κ1) is 10.7. The predicted molar refractivity (Wildman–Crippen MR) is 59.7 cm³/mol. The standard InChI is InChI=1S/C11H14N2O3/c1-13-10(15)8-5-3-2-4-7(8)9(11(13)16)12-6-14/h6,15H,2-5H2,1H3,(H,12,14). The van der Waals surface area contributed by atoms with Crippen LogP contribution in [0.5, 0.6) is 5.88 Å². The van der Waals surface area contributed by atoms with E-state index in [0.29, 0.717) is 12.1 Å². The zero-order valence-corrected chi connectivity index (χ0v) is 9.12. The molecule has 0 aromatic carbocycles. The number of amides is 1. The van der Waals surface area contributed by atoms with Crippen LogP contribution in [0.1, 0.15) is 24.0 Å². The second-order valence-electron chi connectivity index (χ2n) is 3.99. The van der Waals surface area contributed by atoms with Crippen LogP contribution >= 0.6 is 0 Å². The van der Waals surface area contributed by atoms with Gasteiger partial charge in [0.1, 0.15) is 5.69 Å². The van der Waals surface area contributed by atoms with Gasteiger partial charge in [-0.1, -0.05) is 0 Å². The monoisotopic (exact) mass is 222 g/mol. The third-order valence-corrected chi connectivity index (χ3v) is 3.08. The molecule has 86 valence electrons. The van der Waals surface area contributed by atoms with Gasteiger partial charge in [-0.25, -0.2) is 0 Å². The predicted octanol–water partition coefficient (Wildman–Crippen LogP) is 0.538. The van der Waals surface area contributed by atoms with Crippen LogP contribution in [0.3, 0.4) is 0 Å². The van der Waals surface area contributed by atoms with Crippen molar-refractivity contribution in [2.24, 2.45) is 7.05 Å². The molecule has 0 fully saturated rings. The van der Waals surface area contributed by atoms with Crippen LogP contribution in [0.15, 0.2) is 4.79 Å². The van der Waals surface area contributed by atoms with Crippen molar-refractivity contribution in [2.45, 2.75) is 25.7 Å². The minimum Gasteiger partial charge on any atom is -0.494 e. The summed E-state index contributed by atoms with van der Waals surface area (Å²) in [4.78, 5) is 22.3. The maximum Gasteiger partial charge on any atom is 0.277 e. The number of anilines is 1. The minimum absolute atomic E-state index is 0.0242. The topological polar surface area (TPSA) is 71.3 Å². The van der Waals surface area contributed by atoms with Crippen LogP contribution < -0.4 is 10.9 Å². The highest BCUT2D eigenvalue weighted by atomic mass is 16.3. The third-order valence-electron chi connectivity index (χ3n) is 3.08. The Hall–Kier alpha value is -1.78. The molecule has 5 heteroatoms. The molecule has 2 N–H and O–H groups in total. The normalized spacial score (nSPS) is 14.3. The summed E-state index contributed by atoms with van der Waals surface area (Å²) >= 11 is 0. The lowest BCUT2D eigenvalue weighted by Gasteiger charge is -2.21. The Morgan fingerprint density at radius 3 is 2.56 bits per heavy atom. The summed E-state index contributed by atoms with van der Waals surface area (Å²) in [5.41, 5.74) is 1.53. The fourth-order valence-electron chi connectivity index (χ4n) is 2.23. The van der Waals surface area contributed by atoms with Gasteiger partial charge in [0.15, 0.2) is 5.88 Å². The maximum atomic E-state index is 11.8. The lowest BCUT2D eigenvalue weighted by molar-refractivity contribution is -0.105. The van der Waals surface area contributed by atoms with Crippen molar-refractivity contribution in [3.63, 3.8) is 0 Å². The summed E-state index contributed by atoms with van der Waals surface area (Å²) in [5, 5.41) is 12.3. The van der Waals surface area contributed by atoms with E-state index in [1.165, 1.54) is 11.6 Å². The van der Waals surface area contributed by atoms with Crippen LogP contribution in [-0.4, -0.2) is 16.1 Å². The summed E-state index contributed by atoms with van der Waals surface area (Å²) in [6.45, 7) is 0. The molecular weight excluding hydrogens is 208 g/mol. The van der Waals surface area contributed by atoms with Crippen LogP contribution in [0.25, 0.3) is 0 Å². The van der Waals surface area contributed by atoms with E-state index in [2.05, 4.69) is 5.32 Å². The van der Waals surface area contributed by atoms with Gasteiger partial charge in [0.05, 0.1) is 0 Å². The van der Waals surface area contributed by atoms with Gasteiger partial charge >= 0.3 is 0 Å². The number of aromatic hydroxyl groups is 1. The molecule has 2 rings (SSSR count). The molecule has 1 aliphatic carbocycles. The number of nitrogens with zero attached hydrogens (tertiary/aromatic N) is 1. The molecule has 0 atom stereocenters. The summed E-state index contributed by atoms with van der Waals surface area (Å²) in [6.07, 6.45) is 3.97. The van der Waals surface area contributed by atoms with E-state index in [1.807, 2.05) is 0 Å². The smallest absolute Gasteiger partial charge is 0.277 e. The van der Waals surface area contributed by atoms with E-state index < -0.39 is 0 Å². The summed E-state index contributed by atoms with van der Waals surface area (Å²) < 4.78 is 1.18. The Kier molecular flexibility index (Phi) is 2.68. The number of pyridine rings is 1. The first-order valence-electron chi connectivity index (χ1n) is 5.30. The molecule has 0 aliphatic heterocycles. The summed E-state index contributed by atoms with van der Waals surface area (Å²) in [6, 6.07) is 0. The van der Waals surface area contributed by atoms with Crippen molar-refractivity contribution >= 4 is 12.1 Å². The Morgan fingerprint density at radius 2 is 1.94 bits per heavy atom. The highest BCUT2D eigenvalue weighted by Gasteiger charge is 2.21. The quantitative estimate of drug-likeness (QED) is 0.717. The Balaban J connectivity index is 2.72. The molecule has 16 heavy (non-hydrogen) atoms. The van der Waals surface area contributed by atoms with E-state index in [4.69, 9.17) is 0 Å². The molecular formula is C11H14N2O3. The summed E-state index contributed by atoms with van der Waals surface area (Å²) in [5.74, 6) is 0.0242. The van der Waals surface area contributed by atoms with E-state index in [0.717, 1.165) is 36.8 Å². The van der Waals surface area contributed by atoms with Gasteiger partial charge in [-0.3, -0.25) is 14.2 Å². The van der Waals surface area contributed by atoms with Crippen molar-refractivity contribution in [1.29, 1.82) is 0 Å². The van der Waals surface area contributed by atoms with E-state index in [-0.39, 0.29) is 11.4 Å². The van der Waals surface area contributed by atoms with Gasteiger partial charge in [0.25, 0.3) is 5.56 Å². The van der Waals surface area contributed by atoms with E-state index >= 15 is 0 Å². The first-order chi connectivity index (χ1) is 7.66. The molecule has 1 heterocycles. The second-order valence-corrected chi connectivity index (χ2v) is 3.99. The Labute approximate surface area is 92.7 Å². The van der Waals surface area contributed by atoms with E-state index in [9.17, 15) is 14.7 Å². The number of fused-ring (bicyclic) bond motifs is 1. The number of rotatable bonds is 2. The number of carbonyl (C=O) groups is 1. The molecule has 0 saturated carbocycles. The molecule has 1 amide bonds. The fourth-order valence-corrected chi connectivity index (χ4v) is 2.23. The SMILES string of the molecule is Cn1c(O)c2c(c(NC=O)c1=O)CCCC2. The van der Waals surface area contributed by atoms with Crippen LogP contribution in [-0.2, 0) is 24.7 Å². The maximum absolute atomic E-state index is 11.8. The van der Waals surface area contributed by atoms with Gasteiger partial charge in [-0.05, 0) is 31.2 Å². The van der Waals surface area contributed by atoms with Gasteiger partial charge in [0.2, 0.25) is 6.41 Å². The molecule has 0 saturated heterocycles. The molecule has 0 unspecified atom stereocenters. The number of nitrogens with one attached hydrogen (secondary N) is 1. The van der Waals surface area contributed by atoms with Crippen molar-refractivity contribution in [3.05, 3.63) is 21.5 Å². The molecule has 1 aromatic heterocycles. The first-order valence-corrected chi connectivity index (χ1v) is 5.30. The van der Waals surface area contributed by atoms with E-state index in [1.54, 1.807) is 0 Å². The highest BCUT2D eigenvalue weighted by molar-refractivity contribution is 5.74.